The van der Waals surface area contributed by atoms with Crippen LogP contribution in [-0.2, 0) is 10.7 Å². The maximum Gasteiger partial charge on any atom is 0.410 e. The summed E-state index contributed by atoms with van der Waals surface area (Å²) in [5.41, 5.74) is 0.603. The molecule has 12 heteroatoms. The fourth-order valence-electron chi connectivity index (χ4n) is 5.10. The molecule has 0 unspecified atom stereocenters. The number of piperidine rings is 1. The van der Waals surface area contributed by atoms with Gasteiger partial charge in [-0.05, 0) is 52.2 Å². The number of nitrogens with one attached hydrogen (secondary N) is 1. The van der Waals surface area contributed by atoms with E-state index in [1.54, 1.807) is 38.5 Å². The summed E-state index contributed by atoms with van der Waals surface area (Å²) in [7, 11) is 0. The third kappa shape index (κ3) is 5.88. The summed E-state index contributed by atoms with van der Waals surface area (Å²) in [5, 5.41) is 17.4. The molecule has 2 N–H and O–H groups in total. The van der Waals surface area contributed by atoms with Gasteiger partial charge in [0, 0.05) is 49.1 Å². The van der Waals surface area contributed by atoms with Crippen molar-refractivity contribution in [2.45, 2.75) is 64.1 Å². The number of rotatable bonds is 6. The number of hydrogen-bond acceptors (Lipinski definition) is 7. The Morgan fingerprint density at radius 3 is 2.61 bits per heavy atom. The molecule has 3 aromatic heterocycles. The quantitative estimate of drug-likeness (QED) is 0.341. The highest BCUT2D eigenvalue weighted by atomic mass is 19.3. The number of pyridine rings is 1. The molecule has 1 fully saturated rings. The van der Waals surface area contributed by atoms with E-state index in [0.29, 0.717) is 53.9 Å². The van der Waals surface area contributed by atoms with E-state index in [-0.39, 0.29) is 23.3 Å². The van der Waals surface area contributed by atoms with E-state index in [4.69, 9.17) is 14.8 Å². The van der Waals surface area contributed by atoms with Crippen molar-refractivity contribution in [3.63, 3.8) is 0 Å². The smallest absolute Gasteiger partial charge is 0.410 e. The van der Waals surface area contributed by atoms with Crippen LogP contribution in [0, 0.1) is 0 Å². The zero-order valence-corrected chi connectivity index (χ0v) is 23.5. The largest absolute Gasteiger partial charge is 0.444 e. The average Bonchev–Trinajstić information content (AvgIpc) is 3.41. The number of aromatic nitrogens is 4. The van der Waals surface area contributed by atoms with Crippen LogP contribution in [-0.4, -0.2) is 60.6 Å². The van der Waals surface area contributed by atoms with E-state index in [1.165, 1.54) is 24.3 Å². The number of likely N-dealkylation sites (tertiary alicyclic amines) is 1. The van der Waals surface area contributed by atoms with Gasteiger partial charge in [0.1, 0.15) is 18.0 Å². The van der Waals surface area contributed by atoms with Gasteiger partial charge in [-0.2, -0.15) is 13.9 Å². The van der Waals surface area contributed by atoms with E-state index in [9.17, 15) is 18.4 Å². The minimum absolute atomic E-state index is 0.137. The first-order valence-corrected chi connectivity index (χ1v) is 13.6. The average molecular weight is 569 g/mol. The van der Waals surface area contributed by atoms with Gasteiger partial charge in [0.25, 0.3) is 11.5 Å². The van der Waals surface area contributed by atoms with E-state index < -0.39 is 24.2 Å². The summed E-state index contributed by atoms with van der Waals surface area (Å²) in [6.07, 6.45) is 4.13. The predicted molar refractivity (Wildman–Crippen MR) is 150 cm³/mol. The van der Waals surface area contributed by atoms with Gasteiger partial charge in [-0.1, -0.05) is 18.2 Å². The minimum Gasteiger partial charge on any atom is -0.444 e. The van der Waals surface area contributed by atoms with Gasteiger partial charge < -0.3 is 24.6 Å². The first-order valence-electron chi connectivity index (χ1n) is 13.6. The van der Waals surface area contributed by atoms with E-state index in [2.05, 4.69) is 10.4 Å². The third-order valence-corrected chi connectivity index (χ3v) is 7.26. The Kier molecular flexibility index (Phi) is 7.45. The summed E-state index contributed by atoms with van der Waals surface area (Å²) < 4.78 is 37.0. The topological polar surface area (TPSA) is 114 Å². The summed E-state index contributed by atoms with van der Waals surface area (Å²) in [6, 6.07) is 8.57. The van der Waals surface area contributed by atoms with Crippen molar-refractivity contribution in [1.29, 1.82) is 0 Å². The van der Waals surface area contributed by atoms with Crippen molar-refractivity contribution in [2.24, 2.45) is 0 Å². The second-order valence-corrected chi connectivity index (χ2v) is 11.4. The molecule has 41 heavy (non-hydrogen) atoms. The summed E-state index contributed by atoms with van der Waals surface area (Å²) in [4.78, 5) is 32.2. The standard InChI is InChI=1S/C29H34F2N6O4/c1-18(19-6-5-7-20(14-19)29(30,31)17-38)33-26-22-16-36(25(39)15-23(22)37-24(34-26)8-11-32-37)21-9-12-35(13-10-21)27(40)41-28(2,3)4/h5-8,11,14-16,18,21,38H,9-10,12-13,17H2,1-4H3,(H,33,34)/t18-/m1/s1. The van der Waals surface area contributed by atoms with Crippen molar-refractivity contribution < 1.29 is 23.4 Å². The van der Waals surface area contributed by atoms with Crippen molar-refractivity contribution in [1.82, 2.24) is 24.1 Å². The molecule has 1 atom stereocenters. The monoisotopic (exact) mass is 568 g/mol. The van der Waals surface area contributed by atoms with Crippen molar-refractivity contribution in [3.05, 3.63) is 70.3 Å². The van der Waals surface area contributed by atoms with Crippen LogP contribution in [0.5, 0.6) is 0 Å². The molecule has 1 aliphatic heterocycles. The molecule has 1 aliphatic rings. The molecule has 0 radical (unpaired) electrons. The molecule has 0 saturated carbocycles. The number of amides is 1. The number of fused-ring (bicyclic) bond motifs is 3. The number of halogens is 2. The van der Waals surface area contributed by atoms with Crippen LogP contribution in [0.2, 0.25) is 0 Å². The number of nitrogens with zero attached hydrogens (tertiary/aromatic N) is 5. The molecule has 4 heterocycles. The summed E-state index contributed by atoms with van der Waals surface area (Å²) in [6.45, 7) is 6.93. The number of carbonyl (C=O) groups excluding carboxylic acids is 1. The zero-order chi connectivity index (χ0) is 29.5. The van der Waals surface area contributed by atoms with Gasteiger partial charge in [-0.3, -0.25) is 4.79 Å². The first kappa shape index (κ1) is 28.5. The third-order valence-electron chi connectivity index (χ3n) is 7.26. The molecule has 1 amide bonds. The summed E-state index contributed by atoms with van der Waals surface area (Å²) >= 11 is 0. The van der Waals surface area contributed by atoms with Crippen molar-refractivity contribution >= 4 is 28.5 Å². The van der Waals surface area contributed by atoms with Crippen LogP contribution in [0.25, 0.3) is 16.6 Å². The van der Waals surface area contributed by atoms with Crippen LogP contribution >= 0.6 is 0 Å². The SMILES string of the molecule is C[C@@H](Nc1nc2ccnn2c2cc(=O)n(C3CCN(C(=O)OC(C)(C)C)CC3)cc12)c1cccc(C(F)(F)CO)c1. The van der Waals surface area contributed by atoms with E-state index >= 15 is 0 Å². The van der Waals surface area contributed by atoms with Crippen LogP contribution in [0.3, 0.4) is 0 Å². The molecule has 0 spiro atoms. The number of ether oxygens (including phenoxy) is 1. The predicted octanol–water partition coefficient (Wildman–Crippen LogP) is 4.87. The van der Waals surface area contributed by atoms with Crippen LogP contribution in [0.4, 0.5) is 19.4 Å². The molecule has 10 nitrogen and oxygen atoms in total. The van der Waals surface area contributed by atoms with Crippen molar-refractivity contribution in [3.8, 4) is 0 Å². The number of benzene rings is 1. The Balaban J connectivity index is 1.46. The van der Waals surface area contributed by atoms with Gasteiger partial charge in [0.15, 0.2) is 5.65 Å². The lowest BCUT2D eigenvalue weighted by Crippen LogP contribution is -2.43. The minimum atomic E-state index is -3.35. The summed E-state index contributed by atoms with van der Waals surface area (Å²) in [5.74, 6) is -2.88. The Morgan fingerprint density at radius 1 is 1.20 bits per heavy atom. The molecule has 0 bridgehead atoms. The van der Waals surface area contributed by atoms with Crippen LogP contribution in [0.15, 0.2) is 53.6 Å². The van der Waals surface area contributed by atoms with Gasteiger partial charge in [-0.15, -0.1) is 0 Å². The Bertz CT molecular complexity index is 1640. The molecule has 4 aromatic rings. The lowest BCUT2D eigenvalue weighted by Gasteiger charge is -2.34. The van der Waals surface area contributed by atoms with E-state index in [0.717, 1.165) is 0 Å². The highest BCUT2D eigenvalue weighted by Gasteiger charge is 2.31. The van der Waals surface area contributed by atoms with Crippen molar-refractivity contribution in [2.75, 3.05) is 25.0 Å². The van der Waals surface area contributed by atoms with Crippen LogP contribution in [0.1, 0.15) is 63.7 Å². The zero-order valence-electron chi connectivity index (χ0n) is 23.5. The Labute approximate surface area is 235 Å². The van der Waals surface area contributed by atoms with Gasteiger partial charge in [0.05, 0.1) is 17.1 Å². The molecule has 0 aliphatic carbocycles. The normalized spacial score (nSPS) is 15.8. The molecular weight excluding hydrogens is 534 g/mol. The second-order valence-electron chi connectivity index (χ2n) is 11.4. The van der Waals surface area contributed by atoms with Gasteiger partial charge in [0.2, 0.25) is 0 Å². The number of aliphatic hydroxyl groups is 1. The fourth-order valence-corrected chi connectivity index (χ4v) is 5.10. The van der Waals surface area contributed by atoms with Gasteiger partial charge in [-0.25, -0.2) is 14.3 Å². The lowest BCUT2D eigenvalue weighted by molar-refractivity contribution is -0.0556. The molecule has 5 rings (SSSR count). The number of hydrogen-bond donors (Lipinski definition) is 2. The molecule has 1 saturated heterocycles. The maximum absolute atomic E-state index is 14.1. The fraction of sp³-hybridized carbons (Fsp3) is 0.448. The molecule has 218 valence electrons. The van der Waals surface area contributed by atoms with Gasteiger partial charge >= 0.3 is 6.09 Å². The highest BCUT2D eigenvalue weighted by molar-refractivity contribution is 5.90. The Hall–Kier alpha value is -4.06. The Morgan fingerprint density at radius 2 is 1.93 bits per heavy atom. The maximum atomic E-state index is 14.1. The second kappa shape index (κ2) is 10.7. The number of alkyl halides is 2. The number of anilines is 1. The molecular formula is C29H34F2N6O4. The molecule has 1 aromatic carbocycles. The number of carbonyl (C=O) groups is 1. The number of aliphatic hydroxyl groups excluding tert-OH is 1. The highest BCUT2D eigenvalue weighted by Crippen LogP contribution is 2.32. The van der Waals surface area contributed by atoms with Crippen LogP contribution < -0.4 is 10.9 Å². The first-order chi connectivity index (χ1) is 19.4. The lowest BCUT2D eigenvalue weighted by atomic mass is 10.0. The van der Waals surface area contributed by atoms with E-state index in [1.807, 2.05) is 27.7 Å².